The molecule has 0 aromatic carbocycles. The number of nitrogens with zero attached hydrogens (tertiary/aromatic N) is 1. The number of aryl methyl sites for hydroxylation is 1. The van der Waals surface area contributed by atoms with E-state index in [1.807, 2.05) is 6.92 Å². The third-order valence-electron chi connectivity index (χ3n) is 3.10. The number of methoxy groups -OCH3 is 1. The topological polar surface area (TPSA) is 55.0 Å². The lowest BCUT2D eigenvalue weighted by molar-refractivity contribution is 0.0597. The minimum atomic E-state index is -0.262. The number of rotatable bonds is 3. The van der Waals surface area contributed by atoms with Gasteiger partial charge in [0.2, 0.25) is 0 Å². The number of esters is 1. The van der Waals surface area contributed by atoms with Gasteiger partial charge in [0.15, 0.2) is 0 Å². The number of ether oxygens (including phenoxy) is 1. The van der Waals surface area contributed by atoms with Crippen molar-refractivity contribution in [2.75, 3.05) is 7.11 Å². The molecule has 1 fully saturated rings. The van der Waals surface area contributed by atoms with E-state index in [4.69, 9.17) is 4.74 Å². The highest BCUT2D eigenvalue weighted by Crippen LogP contribution is 2.37. The molecule has 1 aromatic rings. The maximum absolute atomic E-state index is 11.6. The van der Waals surface area contributed by atoms with Gasteiger partial charge in [0, 0.05) is 11.6 Å². The average molecular weight is 208 g/mol. The van der Waals surface area contributed by atoms with Crippen LogP contribution >= 0.6 is 0 Å². The SMILES string of the molecule is CCc1[nH]nc(C2CCC2)c1C(=O)OC. The Morgan fingerprint density at radius 2 is 2.33 bits per heavy atom. The molecule has 0 amide bonds. The molecule has 2 rings (SSSR count). The fourth-order valence-electron chi connectivity index (χ4n) is 1.96. The molecule has 82 valence electrons. The number of aromatic amines is 1. The highest BCUT2D eigenvalue weighted by Gasteiger charge is 2.29. The summed E-state index contributed by atoms with van der Waals surface area (Å²) in [6, 6.07) is 0. The lowest BCUT2D eigenvalue weighted by atomic mass is 9.81. The molecule has 0 spiro atoms. The molecule has 15 heavy (non-hydrogen) atoms. The van der Waals surface area contributed by atoms with Crippen LogP contribution in [0.25, 0.3) is 0 Å². The standard InChI is InChI=1S/C11H16N2O2/c1-3-8-9(11(14)15-2)10(13-12-8)7-5-4-6-7/h7H,3-6H2,1-2H3,(H,12,13). The van der Waals surface area contributed by atoms with Gasteiger partial charge in [-0.25, -0.2) is 4.79 Å². The number of carbonyl (C=O) groups excluding carboxylic acids is 1. The Bertz CT molecular complexity index is 367. The predicted molar refractivity (Wildman–Crippen MR) is 55.9 cm³/mol. The number of hydrogen-bond acceptors (Lipinski definition) is 3. The molecular formula is C11H16N2O2. The van der Waals surface area contributed by atoms with Crippen LogP contribution in [-0.4, -0.2) is 23.3 Å². The van der Waals surface area contributed by atoms with Gasteiger partial charge in [0.1, 0.15) is 5.56 Å². The number of hydrogen-bond donors (Lipinski definition) is 1. The number of H-pyrrole nitrogens is 1. The van der Waals surface area contributed by atoms with Crippen LogP contribution in [-0.2, 0) is 11.2 Å². The van der Waals surface area contributed by atoms with Gasteiger partial charge in [-0.05, 0) is 19.3 Å². The lowest BCUT2D eigenvalue weighted by Gasteiger charge is -2.24. The average Bonchev–Trinajstić information content (AvgIpc) is 2.58. The molecule has 0 aliphatic heterocycles. The Balaban J connectivity index is 2.36. The number of carbonyl (C=O) groups is 1. The summed E-state index contributed by atoms with van der Waals surface area (Å²) in [4.78, 5) is 11.6. The first-order valence-corrected chi connectivity index (χ1v) is 5.43. The van der Waals surface area contributed by atoms with Crippen molar-refractivity contribution in [2.45, 2.75) is 38.5 Å². The van der Waals surface area contributed by atoms with Crippen LogP contribution in [0.15, 0.2) is 0 Å². The monoisotopic (exact) mass is 208 g/mol. The number of aromatic nitrogens is 2. The van der Waals surface area contributed by atoms with E-state index in [9.17, 15) is 4.79 Å². The molecule has 0 bridgehead atoms. The second-order valence-electron chi connectivity index (χ2n) is 3.94. The van der Waals surface area contributed by atoms with Crippen molar-refractivity contribution in [1.82, 2.24) is 10.2 Å². The molecule has 1 aliphatic carbocycles. The first-order chi connectivity index (χ1) is 7.27. The third kappa shape index (κ3) is 1.64. The summed E-state index contributed by atoms with van der Waals surface area (Å²) < 4.78 is 4.80. The van der Waals surface area contributed by atoms with Gasteiger partial charge >= 0.3 is 5.97 Å². The van der Waals surface area contributed by atoms with Crippen molar-refractivity contribution in [3.63, 3.8) is 0 Å². The zero-order chi connectivity index (χ0) is 10.8. The molecule has 0 saturated heterocycles. The van der Waals surface area contributed by atoms with Crippen LogP contribution in [0.1, 0.15) is 53.8 Å². The van der Waals surface area contributed by atoms with E-state index in [1.165, 1.54) is 13.5 Å². The maximum atomic E-state index is 11.6. The second-order valence-corrected chi connectivity index (χ2v) is 3.94. The molecule has 1 heterocycles. The van der Waals surface area contributed by atoms with Crippen LogP contribution in [0.5, 0.6) is 0 Å². The summed E-state index contributed by atoms with van der Waals surface area (Å²) in [7, 11) is 1.42. The summed E-state index contributed by atoms with van der Waals surface area (Å²) >= 11 is 0. The molecule has 4 nitrogen and oxygen atoms in total. The van der Waals surface area contributed by atoms with Gasteiger partial charge < -0.3 is 4.74 Å². The Morgan fingerprint density at radius 3 is 2.80 bits per heavy atom. The van der Waals surface area contributed by atoms with Crippen LogP contribution in [0.4, 0.5) is 0 Å². The number of nitrogens with one attached hydrogen (secondary N) is 1. The lowest BCUT2D eigenvalue weighted by Crippen LogP contribution is -2.15. The molecule has 1 N–H and O–H groups in total. The molecular weight excluding hydrogens is 192 g/mol. The summed E-state index contributed by atoms with van der Waals surface area (Å²) in [6.07, 6.45) is 4.29. The molecule has 1 aromatic heterocycles. The van der Waals surface area contributed by atoms with E-state index in [0.29, 0.717) is 11.5 Å². The van der Waals surface area contributed by atoms with Crippen molar-refractivity contribution >= 4 is 5.97 Å². The molecule has 1 aliphatic rings. The van der Waals surface area contributed by atoms with Crippen molar-refractivity contribution in [3.05, 3.63) is 17.0 Å². The smallest absolute Gasteiger partial charge is 0.341 e. The van der Waals surface area contributed by atoms with E-state index >= 15 is 0 Å². The first kappa shape index (κ1) is 10.2. The van der Waals surface area contributed by atoms with Crippen molar-refractivity contribution in [2.24, 2.45) is 0 Å². The minimum absolute atomic E-state index is 0.262. The zero-order valence-electron chi connectivity index (χ0n) is 9.17. The molecule has 4 heteroatoms. The zero-order valence-corrected chi connectivity index (χ0v) is 9.17. The van der Waals surface area contributed by atoms with E-state index < -0.39 is 0 Å². The summed E-state index contributed by atoms with van der Waals surface area (Å²) in [6.45, 7) is 2.00. The summed E-state index contributed by atoms with van der Waals surface area (Å²) in [5, 5.41) is 7.19. The normalized spacial score (nSPS) is 16.1. The molecule has 0 radical (unpaired) electrons. The van der Waals surface area contributed by atoms with Gasteiger partial charge in [-0.15, -0.1) is 0 Å². The van der Waals surface area contributed by atoms with Crippen molar-refractivity contribution in [3.8, 4) is 0 Å². The Hall–Kier alpha value is -1.32. The fourth-order valence-corrected chi connectivity index (χ4v) is 1.96. The molecule has 0 unspecified atom stereocenters. The second kappa shape index (κ2) is 4.04. The van der Waals surface area contributed by atoms with E-state index in [0.717, 1.165) is 30.7 Å². The van der Waals surface area contributed by atoms with Crippen LogP contribution in [0, 0.1) is 0 Å². The van der Waals surface area contributed by atoms with Crippen molar-refractivity contribution in [1.29, 1.82) is 0 Å². The van der Waals surface area contributed by atoms with Gasteiger partial charge in [-0.3, -0.25) is 5.10 Å². The van der Waals surface area contributed by atoms with Crippen molar-refractivity contribution < 1.29 is 9.53 Å². The summed E-state index contributed by atoms with van der Waals surface area (Å²) in [5.41, 5.74) is 2.47. The maximum Gasteiger partial charge on any atom is 0.341 e. The van der Waals surface area contributed by atoms with E-state index in [2.05, 4.69) is 10.2 Å². The van der Waals surface area contributed by atoms with Gasteiger partial charge in [0.25, 0.3) is 0 Å². The van der Waals surface area contributed by atoms with Crippen LogP contribution < -0.4 is 0 Å². The summed E-state index contributed by atoms with van der Waals surface area (Å²) in [5.74, 6) is 0.193. The first-order valence-electron chi connectivity index (χ1n) is 5.43. The fraction of sp³-hybridized carbons (Fsp3) is 0.636. The highest BCUT2D eigenvalue weighted by atomic mass is 16.5. The minimum Gasteiger partial charge on any atom is -0.465 e. The third-order valence-corrected chi connectivity index (χ3v) is 3.10. The largest absolute Gasteiger partial charge is 0.465 e. The quantitative estimate of drug-likeness (QED) is 0.773. The van der Waals surface area contributed by atoms with Crippen LogP contribution in [0.2, 0.25) is 0 Å². The van der Waals surface area contributed by atoms with E-state index in [1.54, 1.807) is 0 Å². The van der Waals surface area contributed by atoms with E-state index in [-0.39, 0.29) is 5.97 Å². The Labute approximate surface area is 89.0 Å². The van der Waals surface area contributed by atoms with Gasteiger partial charge in [-0.1, -0.05) is 13.3 Å². The predicted octanol–water partition coefficient (Wildman–Crippen LogP) is 2.03. The molecule has 0 atom stereocenters. The van der Waals surface area contributed by atoms with Crippen LogP contribution in [0.3, 0.4) is 0 Å². The Morgan fingerprint density at radius 1 is 1.60 bits per heavy atom. The Kier molecular flexibility index (Phi) is 2.75. The highest BCUT2D eigenvalue weighted by molar-refractivity contribution is 5.92. The van der Waals surface area contributed by atoms with Gasteiger partial charge in [0.05, 0.1) is 12.8 Å². The van der Waals surface area contributed by atoms with Gasteiger partial charge in [-0.2, -0.15) is 5.10 Å². The molecule has 1 saturated carbocycles.